The molecule has 78 valence electrons. The van der Waals surface area contributed by atoms with E-state index in [9.17, 15) is 8.78 Å². The van der Waals surface area contributed by atoms with Crippen LogP contribution in [-0.2, 0) is 6.54 Å². The molecule has 1 aromatic carbocycles. The topological polar surface area (TPSA) is 40.7 Å². The summed E-state index contributed by atoms with van der Waals surface area (Å²) in [5, 5.41) is 2.84. The number of nitrogens with zero attached hydrogens (tertiary/aromatic N) is 1. The fourth-order valence-electron chi connectivity index (χ4n) is 1.22. The second kappa shape index (κ2) is 4.08. The van der Waals surface area contributed by atoms with Gasteiger partial charge in [-0.15, -0.1) is 0 Å². The van der Waals surface area contributed by atoms with Crippen molar-refractivity contribution < 1.29 is 8.78 Å². The van der Waals surface area contributed by atoms with Gasteiger partial charge in [0.05, 0.1) is 0 Å². The maximum atomic E-state index is 13.2. The first-order chi connectivity index (χ1) is 7.25. The lowest BCUT2D eigenvalue weighted by molar-refractivity contribution is 0.587. The summed E-state index contributed by atoms with van der Waals surface area (Å²) in [7, 11) is 0. The van der Waals surface area contributed by atoms with Crippen LogP contribution < -0.4 is 5.32 Å². The number of nitrogens with one attached hydrogen (secondary N) is 2. The van der Waals surface area contributed by atoms with Crippen LogP contribution in [-0.4, -0.2) is 9.97 Å². The molecule has 1 aromatic heterocycles. The van der Waals surface area contributed by atoms with Crippen LogP contribution >= 0.6 is 0 Å². The van der Waals surface area contributed by atoms with Gasteiger partial charge in [-0.3, -0.25) is 0 Å². The minimum absolute atomic E-state index is 0.192. The Hall–Kier alpha value is -1.91. The molecule has 0 atom stereocenters. The summed E-state index contributed by atoms with van der Waals surface area (Å²) in [5.74, 6) is -0.359. The zero-order valence-corrected chi connectivity index (χ0v) is 7.80. The normalized spacial score (nSPS) is 10.3. The lowest BCUT2D eigenvalue weighted by Crippen LogP contribution is -2.03. The van der Waals surface area contributed by atoms with Crippen LogP contribution in [0.1, 0.15) is 5.56 Å². The van der Waals surface area contributed by atoms with Gasteiger partial charge < -0.3 is 10.3 Å². The Kier molecular flexibility index (Phi) is 2.62. The minimum atomic E-state index is -0.451. The predicted octanol–water partition coefficient (Wildman–Crippen LogP) is 2.30. The van der Waals surface area contributed by atoms with Crippen molar-refractivity contribution >= 4 is 5.95 Å². The van der Waals surface area contributed by atoms with Crippen LogP contribution in [0, 0.1) is 11.6 Å². The Bertz CT molecular complexity index is 440. The molecule has 0 bridgehead atoms. The molecule has 3 nitrogen and oxygen atoms in total. The van der Waals surface area contributed by atoms with E-state index in [2.05, 4.69) is 15.3 Å². The first-order valence-electron chi connectivity index (χ1n) is 4.43. The number of hydrogen-bond donors (Lipinski definition) is 2. The zero-order valence-electron chi connectivity index (χ0n) is 7.80. The molecular formula is C10H9F2N3. The zero-order chi connectivity index (χ0) is 10.7. The van der Waals surface area contributed by atoms with Gasteiger partial charge in [0.15, 0.2) is 5.95 Å². The molecule has 2 aromatic rings. The number of imidazole rings is 1. The molecule has 0 unspecified atom stereocenters. The molecule has 0 aliphatic carbocycles. The number of aromatic nitrogens is 2. The fourth-order valence-corrected chi connectivity index (χ4v) is 1.22. The number of rotatable bonds is 3. The van der Waals surface area contributed by atoms with Crippen molar-refractivity contribution in [3.63, 3.8) is 0 Å². The van der Waals surface area contributed by atoms with E-state index in [4.69, 9.17) is 0 Å². The minimum Gasteiger partial charge on any atom is -0.352 e. The molecule has 2 N–H and O–H groups in total. The average molecular weight is 209 g/mol. The van der Waals surface area contributed by atoms with Gasteiger partial charge in [0.2, 0.25) is 0 Å². The first-order valence-corrected chi connectivity index (χ1v) is 4.43. The highest BCUT2D eigenvalue weighted by Crippen LogP contribution is 2.10. The Morgan fingerprint density at radius 2 is 2.20 bits per heavy atom. The van der Waals surface area contributed by atoms with Gasteiger partial charge in [0.25, 0.3) is 0 Å². The van der Waals surface area contributed by atoms with E-state index in [1.54, 1.807) is 12.4 Å². The summed E-state index contributed by atoms with van der Waals surface area (Å²) in [6, 6.07) is 3.35. The second-order valence-electron chi connectivity index (χ2n) is 3.03. The maximum Gasteiger partial charge on any atom is 0.200 e. The van der Waals surface area contributed by atoms with Crippen molar-refractivity contribution in [2.75, 3.05) is 5.32 Å². The van der Waals surface area contributed by atoms with E-state index in [1.807, 2.05) is 0 Å². The van der Waals surface area contributed by atoms with Gasteiger partial charge in [-0.25, -0.2) is 13.8 Å². The number of anilines is 1. The predicted molar refractivity (Wildman–Crippen MR) is 52.3 cm³/mol. The van der Waals surface area contributed by atoms with Gasteiger partial charge in [-0.1, -0.05) is 0 Å². The molecule has 5 heteroatoms. The standard InChI is InChI=1S/C10H9F2N3/c11-8-1-2-9(12)7(5-8)6-15-10-13-3-4-14-10/h1-5H,6H2,(H2,13,14,15). The highest BCUT2D eigenvalue weighted by atomic mass is 19.1. The number of aromatic amines is 1. The van der Waals surface area contributed by atoms with Crippen molar-refractivity contribution in [1.29, 1.82) is 0 Å². The van der Waals surface area contributed by atoms with E-state index in [-0.39, 0.29) is 12.1 Å². The Balaban J connectivity index is 2.07. The quantitative estimate of drug-likeness (QED) is 0.814. The number of hydrogen-bond acceptors (Lipinski definition) is 2. The average Bonchev–Trinajstić information content (AvgIpc) is 2.72. The highest BCUT2D eigenvalue weighted by Gasteiger charge is 2.03. The summed E-state index contributed by atoms with van der Waals surface area (Å²) < 4.78 is 26.0. The van der Waals surface area contributed by atoms with Crippen molar-refractivity contribution in [1.82, 2.24) is 9.97 Å². The molecule has 15 heavy (non-hydrogen) atoms. The lowest BCUT2D eigenvalue weighted by Gasteiger charge is -2.04. The largest absolute Gasteiger partial charge is 0.352 e. The van der Waals surface area contributed by atoms with E-state index in [0.717, 1.165) is 18.2 Å². The molecular weight excluding hydrogens is 200 g/mol. The third-order valence-corrected chi connectivity index (χ3v) is 1.95. The Labute approximate surface area is 85.2 Å². The van der Waals surface area contributed by atoms with Crippen LogP contribution in [0.5, 0.6) is 0 Å². The Morgan fingerprint density at radius 1 is 1.33 bits per heavy atom. The summed E-state index contributed by atoms with van der Waals surface area (Å²) in [5.41, 5.74) is 0.270. The number of H-pyrrole nitrogens is 1. The maximum absolute atomic E-state index is 13.2. The third kappa shape index (κ3) is 2.31. The van der Waals surface area contributed by atoms with E-state index < -0.39 is 11.6 Å². The summed E-state index contributed by atoms with van der Waals surface area (Å²) >= 11 is 0. The van der Waals surface area contributed by atoms with Crippen LogP contribution in [0.3, 0.4) is 0 Å². The van der Waals surface area contributed by atoms with Gasteiger partial charge in [0, 0.05) is 24.5 Å². The highest BCUT2D eigenvalue weighted by molar-refractivity contribution is 5.27. The van der Waals surface area contributed by atoms with Gasteiger partial charge in [0.1, 0.15) is 11.6 Å². The van der Waals surface area contributed by atoms with Crippen LogP contribution in [0.25, 0.3) is 0 Å². The molecule has 0 radical (unpaired) electrons. The molecule has 0 amide bonds. The monoisotopic (exact) mass is 209 g/mol. The summed E-state index contributed by atoms with van der Waals surface area (Å²) in [6.45, 7) is 0.192. The first kappa shape index (κ1) is 9.64. The summed E-state index contributed by atoms with van der Waals surface area (Å²) in [6.07, 6.45) is 3.22. The number of halogens is 2. The molecule has 0 aliphatic heterocycles. The Morgan fingerprint density at radius 3 is 2.93 bits per heavy atom. The number of benzene rings is 1. The van der Waals surface area contributed by atoms with Crippen molar-refractivity contribution in [2.24, 2.45) is 0 Å². The molecule has 2 rings (SSSR count). The van der Waals surface area contributed by atoms with Gasteiger partial charge in [-0.05, 0) is 18.2 Å². The molecule has 0 saturated heterocycles. The van der Waals surface area contributed by atoms with Crippen LogP contribution in [0.4, 0.5) is 14.7 Å². The van der Waals surface area contributed by atoms with Crippen molar-refractivity contribution in [3.8, 4) is 0 Å². The smallest absolute Gasteiger partial charge is 0.200 e. The third-order valence-electron chi connectivity index (χ3n) is 1.95. The molecule has 1 heterocycles. The molecule has 0 aliphatic rings. The lowest BCUT2D eigenvalue weighted by atomic mass is 10.2. The van der Waals surface area contributed by atoms with Gasteiger partial charge in [-0.2, -0.15) is 0 Å². The second-order valence-corrected chi connectivity index (χ2v) is 3.03. The SMILES string of the molecule is Fc1ccc(F)c(CNc2ncc[nH]2)c1. The molecule has 0 spiro atoms. The van der Waals surface area contributed by atoms with Gasteiger partial charge >= 0.3 is 0 Å². The van der Waals surface area contributed by atoms with Crippen molar-refractivity contribution in [2.45, 2.75) is 6.54 Å². The molecule has 0 fully saturated rings. The van der Waals surface area contributed by atoms with E-state index in [0.29, 0.717) is 5.95 Å². The van der Waals surface area contributed by atoms with Crippen LogP contribution in [0.15, 0.2) is 30.6 Å². The van der Waals surface area contributed by atoms with Crippen molar-refractivity contribution in [3.05, 3.63) is 47.8 Å². The summed E-state index contributed by atoms with van der Waals surface area (Å²) in [4.78, 5) is 6.70. The van der Waals surface area contributed by atoms with Crippen LogP contribution in [0.2, 0.25) is 0 Å². The van der Waals surface area contributed by atoms with E-state index in [1.165, 1.54) is 0 Å². The fraction of sp³-hybridized carbons (Fsp3) is 0.100. The molecule has 0 saturated carbocycles. The van der Waals surface area contributed by atoms with E-state index >= 15 is 0 Å².